The van der Waals surface area contributed by atoms with Crippen LogP contribution in [0, 0.1) is 0 Å². The van der Waals surface area contributed by atoms with Crippen LogP contribution in [-0.4, -0.2) is 118 Å². The number of aromatic nitrogens is 3. The van der Waals surface area contributed by atoms with E-state index in [1.54, 1.807) is 46.0 Å². The van der Waals surface area contributed by atoms with Gasteiger partial charge in [-0.3, -0.25) is 0 Å². The third kappa shape index (κ3) is 5.65. The molecule has 0 saturated carbocycles. The highest BCUT2D eigenvalue weighted by Crippen LogP contribution is 2.41. The van der Waals surface area contributed by atoms with Gasteiger partial charge in [0.2, 0.25) is 0 Å². The molecule has 5 aliphatic heterocycles. The first-order valence-corrected chi connectivity index (χ1v) is 13.3. The Morgan fingerprint density at radius 2 is 1.44 bits per heavy atom. The maximum atomic E-state index is 11.1. The predicted octanol–water partition coefficient (Wildman–Crippen LogP) is -0.390. The average molecular weight is 556 g/mol. The Morgan fingerprint density at radius 3 is 2.10 bits per heavy atom. The third-order valence-electron chi connectivity index (χ3n) is 7.32. The van der Waals surface area contributed by atoms with E-state index in [0.717, 1.165) is 0 Å². The Balaban J connectivity index is 1.21. The quantitative estimate of drug-likeness (QED) is 0.433. The molecule has 0 spiro atoms. The molecule has 14 nitrogen and oxygen atoms in total. The molecular formula is C25H37N3O11. The lowest BCUT2D eigenvalue weighted by Crippen LogP contribution is -2.45. The molecule has 0 unspecified atom stereocenters. The molecule has 1 aromatic heterocycles. The van der Waals surface area contributed by atoms with Crippen molar-refractivity contribution in [2.75, 3.05) is 19.8 Å². The van der Waals surface area contributed by atoms with Gasteiger partial charge in [-0.25, -0.2) is 4.68 Å². The van der Waals surface area contributed by atoms with Crippen LogP contribution in [0.2, 0.25) is 0 Å². The monoisotopic (exact) mass is 555 g/mol. The van der Waals surface area contributed by atoms with E-state index in [0.29, 0.717) is 5.69 Å². The highest BCUT2D eigenvalue weighted by atomic mass is 16.9. The molecule has 2 N–H and O–H groups in total. The van der Waals surface area contributed by atoms with Crippen LogP contribution < -0.4 is 0 Å². The zero-order valence-electron chi connectivity index (χ0n) is 22.5. The van der Waals surface area contributed by atoms with Crippen LogP contribution in [0.4, 0.5) is 0 Å². The van der Waals surface area contributed by atoms with Gasteiger partial charge in [0.1, 0.15) is 54.5 Å². The highest BCUT2D eigenvalue weighted by Gasteiger charge is 2.58. The summed E-state index contributed by atoms with van der Waals surface area (Å²) in [4.78, 5) is 0. The fraction of sp³-hybridized carbons (Fsp3) is 0.840. The number of aliphatic hydroxyl groups is 2. The summed E-state index contributed by atoms with van der Waals surface area (Å²) in [6, 6.07) is 0. The smallest absolute Gasteiger partial charge is 0.190 e. The Bertz CT molecular complexity index is 1030. The fourth-order valence-corrected chi connectivity index (χ4v) is 5.70. The van der Waals surface area contributed by atoms with Crippen LogP contribution in [-0.2, 0) is 55.8 Å². The first kappa shape index (κ1) is 27.6. The van der Waals surface area contributed by atoms with Crippen molar-refractivity contribution >= 4 is 0 Å². The van der Waals surface area contributed by atoms with E-state index >= 15 is 0 Å². The molecule has 6 rings (SSSR count). The molecule has 39 heavy (non-hydrogen) atoms. The van der Waals surface area contributed by atoms with Crippen LogP contribution in [0.15, 0.2) is 18.3 Å². The third-order valence-corrected chi connectivity index (χ3v) is 7.32. The van der Waals surface area contributed by atoms with Crippen molar-refractivity contribution in [3.05, 3.63) is 24.0 Å². The number of fused-ring (bicyclic) bond motifs is 8. The number of nitrogens with zero attached hydrogens (tertiary/aromatic N) is 3. The minimum Gasteiger partial charge on any atom is -0.394 e. The maximum Gasteiger partial charge on any atom is 0.190 e. The van der Waals surface area contributed by atoms with E-state index in [1.807, 2.05) is 0 Å². The van der Waals surface area contributed by atoms with Gasteiger partial charge in [0.25, 0.3) is 0 Å². The molecule has 218 valence electrons. The lowest BCUT2D eigenvalue weighted by Gasteiger charge is -2.30. The molecule has 2 bridgehead atoms. The number of rotatable bonds is 1. The predicted molar refractivity (Wildman–Crippen MR) is 128 cm³/mol. The SMILES string of the molecule is CC1(C)O[C@@H]2O[C@H]3[C@H](OC/C=C/CO[C@H](CO)[C@H]4O[C@@H]5OC(C)(C)O[C@@H]5[C@H]4OCc4cn(nn4)C[C@H]3O)[C@H]2O1. The molecular weight excluding hydrogens is 518 g/mol. The van der Waals surface area contributed by atoms with E-state index < -0.39 is 73.0 Å². The van der Waals surface area contributed by atoms with Crippen LogP contribution in [0.1, 0.15) is 33.4 Å². The Kier molecular flexibility index (Phi) is 7.56. The molecule has 4 saturated heterocycles. The summed E-state index contributed by atoms with van der Waals surface area (Å²) in [5.74, 6) is -1.66. The Morgan fingerprint density at radius 1 is 0.821 bits per heavy atom. The first-order chi connectivity index (χ1) is 18.6. The summed E-state index contributed by atoms with van der Waals surface area (Å²) in [6.07, 6.45) is -1.24. The molecule has 14 heteroatoms. The molecule has 0 amide bonds. The van der Waals surface area contributed by atoms with Gasteiger partial charge < -0.3 is 52.8 Å². The number of aliphatic hydroxyl groups excluding tert-OH is 2. The van der Waals surface area contributed by atoms with E-state index in [9.17, 15) is 10.2 Å². The summed E-state index contributed by atoms with van der Waals surface area (Å²) in [6.45, 7) is 7.56. The summed E-state index contributed by atoms with van der Waals surface area (Å²) in [5.41, 5.74) is 0.540. The minimum absolute atomic E-state index is 0.0955. The molecule has 6 heterocycles. The second kappa shape index (κ2) is 10.7. The van der Waals surface area contributed by atoms with Gasteiger partial charge in [-0.15, -0.1) is 5.10 Å². The van der Waals surface area contributed by atoms with Crippen molar-refractivity contribution in [1.82, 2.24) is 15.0 Å². The van der Waals surface area contributed by atoms with Gasteiger partial charge in [0, 0.05) is 0 Å². The summed E-state index contributed by atoms with van der Waals surface area (Å²) >= 11 is 0. The van der Waals surface area contributed by atoms with E-state index in [-0.39, 0.29) is 33.0 Å². The maximum absolute atomic E-state index is 11.1. The zero-order valence-corrected chi connectivity index (χ0v) is 22.5. The van der Waals surface area contributed by atoms with E-state index in [1.165, 1.54) is 4.68 Å². The topological polar surface area (TPSA) is 154 Å². The average Bonchev–Trinajstić information content (AvgIpc) is 3.64. The van der Waals surface area contributed by atoms with Gasteiger partial charge in [0.15, 0.2) is 24.2 Å². The molecule has 0 radical (unpaired) electrons. The normalized spacial score (nSPS) is 44.6. The van der Waals surface area contributed by atoms with Crippen LogP contribution in [0.3, 0.4) is 0 Å². The van der Waals surface area contributed by atoms with Crippen LogP contribution >= 0.6 is 0 Å². The molecule has 4 fully saturated rings. The number of ether oxygens (including phenoxy) is 9. The Labute approximate surface area is 226 Å². The summed E-state index contributed by atoms with van der Waals surface area (Å²) < 4.78 is 55.8. The molecule has 0 aliphatic carbocycles. The van der Waals surface area contributed by atoms with Gasteiger partial charge in [-0.05, 0) is 27.7 Å². The van der Waals surface area contributed by atoms with E-state index in [2.05, 4.69) is 10.3 Å². The zero-order chi connectivity index (χ0) is 27.4. The number of hydrogen-bond donors (Lipinski definition) is 2. The van der Waals surface area contributed by atoms with Crippen molar-refractivity contribution in [3.63, 3.8) is 0 Å². The molecule has 10 atom stereocenters. The first-order valence-electron chi connectivity index (χ1n) is 13.3. The van der Waals surface area contributed by atoms with Crippen molar-refractivity contribution in [2.45, 2.75) is 114 Å². The second-order valence-corrected chi connectivity index (χ2v) is 11.2. The van der Waals surface area contributed by atoms with Gasteiger partial charge >= 0.3 is 0 Å². The molecule has 5 aliphatic rings. The van der Waals surface area contributed by atoms with Crippen LogP contribution in [0.5, 0.6) is 0 Å². The fourth-order valence-electron chi connectivity index (χ4n) is 5.70. The van der Waals surface area contributed by atoms with Crippen molar-refractivity contribution in [2.24, 2.45) is 0 Å². The molecule has 1 aromatic rings. The van der Waals surface area contributed by atoms with Crippen molar-refractivity contribution in [1.29, 1.82) is 0 Å². The van der Waals surface area contributed by atoms with Crippen molar-refractivity contribution in [3.8, 4) is 0 Å². The summed E-state index contributed by atoms with van der Waals surface area (Å²) in [7, 11) is 0. The number of hydrogen-bond acceptors (Lipinski definition) is 13. The minimum atomic E-state index is -0.970. The summed E-state index contributed by atoms with van der Waals surface area (Å²) in [5, 5.41) is 29.5. The van der Waals surface area contributed by atoms with Gasteiger partial charge in [-0.2, -0.15) is 0 Å². The molecule has 0 aromatic carbocycles. The van der Waals surface area contributed by atoms with Gasteiger partial charge in [-0.1, -0.05) is 17.4 Å². The Hall–Kier alpha value is -1.56. The van der Waals surface area contributed by atoms with Crippen molar-refractivity contribution < 1.29 is 52.8 Å². The largest absolute Gasteiger partial charge is 0.394 e. The standard InChI is InChI=1S/C25H37N3O11/c1-24(2)36-20-18-16(34-22(20)38-24)14(30)10-28-9-13(26-27-28)12-33-19-17(15(11-29)31-7-5-6-8-32-18)35-23-21(19)37-25(3,4)39-23/h5-6,9,14-23,29-30H,7-8,10-12H2,1-4H3/b6-5+/t14-,15-,16-,17-,18+,19+,20-,21-,22+,23-/m1/s1. The second-order valence-electron chi connectivity index (χ2n) is 11.2. The lowest BCUT2D eigenvalue weighted by molar-refractivity contribution is -0.235. The van der Waals surface area contributed by atoms with Gasteiger partial charge in [0.05, 0.1) is 39.2 Å². The van der Waals surface area contributed by atoms with Crippen LogP contribution in [0.25, 0.3) is 0 Å². The lowest BCUT2D eigenvalue weighted by atomic mass is 10.1. The van der Waals surface area contributed by atoms with E-state index in [4.69, 9.17) is 42.6 Å². The highest BCUT2D eigenvalue weighted by molar-refractivity contribution is 5.01.